The second-order valence-corrected chi connectivity index (χ2v) is 6.01. The number of methoxy groups -OCH3 is 2. The summed E-state index contributed by atoms with van der Waals surface area (Å²) in [4.78, 5) is 39.8. The Hall–Kier alpha value is -3.88. The molecule has 29 heavy (non-hydrogen) atoms. The Morgan fingerprint density at radius 1 is 1.14 bits per heavy atom. The smallest absolute Gasteiger partial charge is 0.328 e. The Morgan fingerprint density at radius 2 is 1.90 bits per heavy atom. The molecule has 2 N–H and O–H groups in total. The number of H-pyrrole nitrogens is 1. The maximum absolute atomic E-state index is 13.9. The molecule has 0 saturated carbocycles. The monoisotopic (exact) mass is 399 g/mol. The first kappa shape index (κ1) is 19.9. The molecule has 150 valence electrons. The highest BCUT2D eigenvalue weighted by Gasteiger charge is 2.18. The lowest BCUT2D eigenvalue weighted by molar-refractivity contribution is 0.102. The molecule has 0 fully saturated rings. The molecule has 0 saturated heterocycles. The van der Waals surface area contributed by atoms with E-state index in [1.165, 1.54) is 38.5 Å². The molecule has 0 aliphatic rings. The number of hydrogen-bond donors (Lipinski definition) is 2. The number of carbonyl (C=O) groups is 1. The van der Waals surface area contributed by atoms with Crippen molar-refractivity contribution in [1.82, 2.24) is 9.55 Å². The van der Waals surface area contributed by atoms with Gasteiger partial charge in [0, 0.05) is 17.8 Å². The predicted molar refractivity (Wildman–Crippen MR) is 104 cm³/mol. The van der Waals surface area contributed by atoms with Crippen molar-refractivity contribution in [1.29, 1.82) is 0 Å². The van der Waals surface area contributed by atoms with E-state index < -0.39 is 23.0 Å². The van der Waals surface area contributed by atoms with Crippen molar-refractivity contribution in [3.63, 3.8) is 0 Å². The Bertz CT molecular complexity index is 1170. The summed E-state index contributed by atoms with van der Waals surface area (Å²) in [6, 6.07) is 10.5. The Balaban J connectivity index is 1.96. The van der Waals surface area contributed by atoms with Gasteiger partial charge in [0.15, 0.2) is 0 Å². The largest absolute Gasteiger partial charge is 0.497 e. The van der Waals surface area contributed by atoms with Gasteiger partial charge in [0.1, 0.15) is 22.9 Å². The van der Waals surface area contributed by atoms with Gasteiger partial charge < -0.3 is 19.8 Å². The third kappa shape index (κ3) is 4.18. The fourth-order valence-electron chi connectivity index (χ4n) is 2.72. The van der Waals surface area contributed by atoms with E-state index in [0.29, 0.717) is 11.5 Å². The van der Waals surface area contributed by atoms with E-state index in [2.05, 4.69) is 10.3 Å². The molecule has 3 aromatic rings. The van der Waals surface area contributed by atoms with Crippen LogP contribution in [0.15, 0.2) is 58.3 Å². The molecular formula is C20H18FN3O5. The molecule has 0 aliphatic heterocycles. The second kappa shape index (κ2) is 8.42. The number of anilines is 1. The standard InChI is InChI=1S/C20H18FN3O5/c1-28-13-7-8-17(29-2)16(9-13)23-18(25)14-10-22-20(27)24(19(14)26)11-12-5-3-4-6-15(12)21/h3-10H,11H2,1-2H3,(H,22,27)(H,23,25). The molecule has 3 rings (SSSR count). The van der Waals surface area contributed by atoms with E-state index in [0.717, 1.165) is 10.8 Å². The van der Waals surface area contributed by atoms with Crippen LogP contribution < -0.4 is 26.0 Å². The van der Waals surface area contributed by atoms with Gasteiger partial charge in [0.2, 0.25) is 0 Å². The average Bonchev–Trinajstić information content (AvgIpc) is 2.72. The summed E-state index contributed by atoms with van der Waals surface area (Å²) in [6.45, 7) is -0.315. The summed E-state index contributed by atoms with van der Waals surface area (Å²) >= 11 is 0. The van der Waals surface area contributed by atoms with E-state index in [1.54, 1.807) is 18.2 Å². The first-order valence-electron chi connectivity index (χ1n) is 8.54. The van der Waals surface area contributed by atoms with E-state index in [9.17, 15) is 18.8 Å². The Labute approximate surface area is 164 Å². The van der Waals surface area contributed by atoms with Crippen LogP contribution >= 0.6 is 0 Å². The third-order valence-electron chi connectivity index (χ3n) is 4.25. The van der Waals surface area contributed by atoms with Crippen LogP contribution in [-0.4, -0.2) is 29.7 Å². The van der Waals surface area contributed by atoms with E-state index in [-0.39, 0.29) is 23.4 Å². The minimum absolute atomic E-state index is 0.145. The molecule has 2 aromatic carbocycles. The quantitative estimate of drug-likeness (QED) is 0.660. The number of amides is 1. The van der Waals surface area contributed by atoms with Crippen LogP contribution in [0.5, 0.6) is 11.5 Å². The number of aromatic nitrogens is 2. The van der Waals surface area contributed by atoms with Crippen LogP contribution in [0.3, 0.4) is 0 Å². The van der Waals surface area contributed by atoms with Crippen LogP contribution in [0.25, 0.3) is 0 Å². The highest BCUT2D eigenvalue weighted by Crippen LogP contribution is 2.29. The molecular weight excluding hydrogens is 381 g/mol. The number of nitrogens with zero attached hydrogens (tertiary/aromatic N) is 1. The van der Waals surface area contributed by atoms with Gasteiger partial charge in [-0.25, -0.2) is 9.18 Å². The number of hydrogen-bond acceptors (Lipinski definition) is 5. The zero-order chi connectivity index (χ0) is 21.0. The summed E-state index contributed by atoms with van der Waals surface area (Å²) in [6.07, 6.45) is 1.02. The summed E-state index contributed by atoms with van der Waals surface area (Å²) in [5.74, 6) is -0.496. The van der Waals surface area contributed by atoms with Crippen LogP contribution in [0, 0.1) is 5.82 Å². The van der Waals surface area contributed by atoms with Crippen molar-refractivity contribution in [2.75, 3.05) is 19.5 Å². The SMILES string of the molecule is COc1ccc(OC)c(NC(=O)c2c[nH]c(=O)n(Cc3ccccc3F)c2=O)c1. The van der Waals surface area contributed by atoms with Gasteiger partial charge >= 0.3 is 5.69 Å². The van der Waals surface area contributed by atoms with E-state index >= 15 is 0 Å². The van der Waals surface area contributed by atoms with Gasteiger partial charge in [0.05, 0.1) is 26.5 Å². The van der Waals surface area contributed by atoms with Crippen molar-refractivity contribution in [2.24, 2.45) is 0 Å². The number of benzene rings is 2. The number of ether oxygens (including phenoxy) is 2. The number of carbonyl (C=O) groups excluding carboxylic acids is 1. The lowest BCUT2D eigenvalue weighted by Crippen LogP contribution is -2.39. The number of halogens is 1. The lowest BCUT2D eigenvalue weighted by atomic mass is 10.2. The molecule has 1 aromatic heterocycles. The minimum Gasteiger partial charge on any atom is -0.497 e. The lowest BCUT2D eigenvalue weighted by Gasteiger charge is -2.12. The molecule has 1 heterocycles. The number of nitrogens with one attached hydrogen (secondary N) is 2. The van der Waals surface area contributed by atoms with Gasteiger partial charge in [-0.15, -0.1) is 0 Å². The maximum Gasteiger partial charge on any atom is 0.328 e. The fourth-order valence-corrected chi connectivity index (χ4v) is 2.72. The number of rotatable bonds is 6. The normalized spacial score (nSPS) is 10.4. The van der Waals surface area contributed by atoms with Crippen LogP contribution in [-0.2, 0) is 6.54 Å². The molecule has 8 nitrogen and oxygen atoms in total. The highest BCUT2D eigenvalue weighted by molar-refractivity contribution is 6.04. The van der Waals surface area contributed by atoms with Crippen molar-refractivity contribution >= 4 is 11.6 Å². The van der Waals surface area contributed by atoms with Crippen LogP contribution in [0.4, 0.5) is 10.1 Å². The van der Waals surface area contributed by atoms with Crippen LogP contribution in [0.1, 0.15) is 15.9 Å². The zero-order valence-electron chi connectivity index (χ0n) is 15.7. The van der Waals surface area contributed by atoms with Gasteiger partial charge in [-0.1, -0.05) is 18.2 Å². The van der Waals surface area contributed by atoms with Crippen molar-refractivity contribution in [2.45, 2.75) is 6.54 Å². The van der Waals surface area contributed by atoms with Gasteiger partial charge in [-0.05, 0) is 18.2 Å². The summed E-state index contributed by atoms with van der Waals surface area (Å²) in [5, 5.41) is 2.56. The summed E-state index contributed by atoms with van der Waals surface area (Å²) in [7, 11) is 2.90. The molecule has 0 spiro atoms. The molecule has 0 aliphatic carbocycles. The summed E-state index contributed by atoms with van der Waals surface area (Å²) < 4.78 is 25.0. The predicted octanol–water partition coefficient (Wildman–Crippen LogP) is 1.99. The highest BCUT2D eigenvalue weighted by atomic mass is 19.1. The number of aromatic amines is 1. The summed E-state index contributed by atoms with van der Waals surface area (Å²) in [5.41, 5.74) is -1.49. The van der Waals surface area contributed by atoms with Gasteiger partial charge in [-0.3, -0.25) is 14.2 Å². The Morgan fingerprint density at radius 3 is 2.59 bits per heavy atom. The third-order valence-corrected chi connectivity index (χ3v) is 4.25. The molecule has 9 heteroatoms. The van der Waals surface area contributed by atoms with E-state index in [1.807, 2.05) is 0 Å². The molecule has 0 unspecified atom stereocenters. The molecule has 0 atom stereocenters. The maximum atomic E-state index is 13.9. The zero-order valence-corrected chi connectivity index (χ0v) is 15.7. The average molecular weight is 399 g/mol. The van der Waals surface area contributed by atoms with Crippen molar-refractivity contribution in [3.05, 3.63) is 86.4 Å². The minimum atomic E-state index is -0.851. The molecule has 1 amide bonds. The second-order valence-electron chi connectivity index (χ2n) is 6.01. The Kier molecular flexibility index (Phi) is 5.77. The van der Waals surface area contributed by atoms with Crippen LogP contribution in [0.2, 0.25) is 0 Å². The fraction of sp³-hybridized carbons (Fsp3) is 0.150. The van der Waals surface area contributed by atoms with Gasteiger partial charge in [-0.2, -0.15) is 0 Å². The first-order valence-corrected chi connectivity index (χ1v) is 8.54. The van der Waals surface area contributed by atoms with Crippen molar-refractivity contribution < 1.29 is 18.7 Å². The topological polar surface area (TPSA) is 102 Å². The molecule has 0 bridgehead atoms. The van der Waals surface area contributed by atoms with Gasteiger partial charge in [0.25, 0.3) is 11.5 Å². The molecule has 0 radical (unpaired) electrons. The van der Waals surface area contributed by atoms with E-state index in [4.69, 9.17) is 9.47 Å². The van der Waals surface area contributed by atoms with Crippen molar-refractivity contribution in [3.8, 4) is 11.5 Å². The first-order chi connectivity index (χ1) is 13.9.